The van der Waals surface area contributed by atoms with Crippen LogP contribution in [0.25, 0.3) is 11.1 Å². The minimum absolute atomic E-state index is 0.0525. The summed E-state index contributed by atoms with van der Waals surface area (Å²) in [5, 5.41) is 0. The lowest BCUT2D eigenvalue weighted by Gasteiger charge is -2.08. The van der Waals surface area contributed by atoms with Crippen molar-refractivity contribution in [2.45, 2.75) is 0 Å². The maximum atomic E-state index is 13.3. The van der Waals surface area contributed by atoms with E-state index in [-0.39, 0.29) is 5.69 Å². The monoisotopic (exact) mass is 217 g/mol. The van der Waals surface area contributed by atoms with Crippen molar-refractivity contribution >= 4 is 17.1 Å². The summed E-state index contributed by atoms with van der Waals surface area (Å²) >= 11 is 0. The molecule has 0 aliphatic heterocycles. The number of anilines is 3. The number of nitrogen functional groups attached to an aromatic ring is 3. The molecule has 0 amide bonds. The average molecular weight is 217 g/mol. The number of nitrogens with two attached hydrogens (primary N) is 3. The standard InChI is InChI=1S/C12H12FN3/c13-10-5-9(11(15)6-12(10)16)7-1-3-8(14)4-2-7/h1-6H,14-16H2. The minimum atomic E-state index is -0.471. The van der Waals surface area contributed by atoms with Gasteiger partial charge in [-0.3, -0.25) is 0 Å². The molecule has 0 aromatic heterocycles. The van der Waals surface area contributed by atoms with Gasteiger partial charge in [0.25, 0.3) is 0 Å². The van der Waals surface area contributed by atoms with Crippen LogP contribution in [-0.4, -0.2) is 0 Å². The van der Waals surface area contributed by atoms with Gasteiger partial charge in [0.1, 0.15) is 5.82 Å². The molecule has 0 saturated carbocycles. The molecule has 0 aliphatic rings. The largest absolute Gasteiger partial charge is 0.399 e. The van der Waals surface area contributed by atoms with E-state index < -0.39 is 5.82 Å². The molecule has 2 aromatic carbocycles. The first kappa shape index (κ1) is 10.3. The van der Waals surface area contributed by atoms with Gasteiger partial charge in [-0.1, -0.05) is 12.1 Å². The summed E-state index contributed by atoms with van der Waals surface area (Å²) in [6.07, 6.45) is 0. The Morgan fingerprint density at radius 3 is 2.06 bits per heavy atom. The van der Waals surface area contributed by atoms with E-state index >= 15 is 0 Å². The lowest BCUT2D eigenvalue weighted by atomic mass is 10.0. The highest BCUT2D eigenvalue weighted by Gasteiger charge is 2.07. The van der Waals surface area contributed by atoms with E-state index in [4.69, 9.17) is 17.2 Å². The summed E-state index contributed by atoms with van der Waals surface area (Å²) < 4.78 is 13.3. The number of rotatable bonds is 1. The molecule has 0 bridgehead atoms. The topological polar surface area (TPSA) is 78.1 Å². The Morgan fingerprint density at radius 1 is 0.812 bits per heavy atom. The van der Waals surface area contributed by atoms with E-state index in [9.17, 15) is 4.39 Å². The van der Waals surface area contributed by atoms with Crippen LogP contribution in [0.15, 0.2) is 36.4 Å². The molecule has 0 radical (unpaired) electrons. The summed E-state index contributed by atoms with van der Waals surface area (Å²) in [6, 6.07) is 9.80. The summed E-state index contributed by atoms with van der Waals surface area (Å²) in [5.74, 6) is -0.471. The van der Waals surface area contributed by atoms with Gasteiger partial charge in [0.05, 0.1) is 5.69 Å². The average Bonchev–Trinajstić information content (AvgIpc) is 2.25. The Hall–Kier alpha value is -2.23. The number of halogens is 1. The van der Waals surface area contributed by atoms with Gasteiger partial charge in [-0.2, -0.15) is 0 Å². The number of hydrogen-bond acceptors (Lipinski definition) is 3. The van der Waals surface area contributed by atoms with Crippen LogP contribution in [-0.2, 0) is 0 Å². The highest BCUT2D eigenvalue weighted by Crippen LogP contribution is 2.29. The molecule has 4 heteroatoms. The zero-order valence-electron chi connectivity index (χ0n) is 8.57. The van der Waals surface area contributed by atoms with Crippen molar-refractivity contribution in [1.29, 1.82) is 0 Å². The highest BCUT2D eigenvalue weighted by atomic mass is 19.1. The van der Waals surface area contributed by atoms with E-state index in [1.54, 1.807) is 24.3 Å². The summed E-state index contributed by atoms with van der Waals surface area (Å²) in [7, 11) is 0. The van der Waals surface area contributed by atoms with Crippen molar-refractivity contribution in [2.24, 2.45) is 0 Å². The van der Waals surface area contributed by atoms with Crippen LogP contribution in [0.5, 0.6) is 0 Å². The van der Waals surface area contributed by atoms with Gasteiger partial charge in [0.15, 0.2) is 0 Å². The van der Waals surface area contributed by atoms with Crippen LogP contribution in [0.1, 0.15) is 0 Å². The first-order valence-electron chi connectivity index (χ1n) is 4.78. The predicted octanol–water partition coefficient (Wildman–Crippen LogP) is 2.24. The zero-order valence-corrected chi connectivity index (χ0v) is 8.57. The molecule has 0 spiro atoms. The summed E-state index contributed by atoms with van der Waals surface area (Å²) in [4.78, 5) is 0. The maximum Gasteiger partial charge on any atom is 0.146 e. The highest BCUT2D eigenvalue weighted by molar-refractivity contribution is 5.79. The Bertz CT molecular complexity index is 521. The lowest BCUT2D eigenvalue weighted by molar-refractivity contribution is 0.633. The van der Waals surface area contributed by atoms with Gasteiger partial charge >= 0.3 is 0 Å². The Kier molecular flexibility index (Phi) is 2.40. The van der Waals surface area contributed by atoms with Crippen molar-refractivity contribution in [3.05, 3.63) is 42.2 Å². The van der Waals surface area contributed by atoms with Crippen LogP contribution in [0, 0.1) is 5.82 Å². The van der Waals surface area contributed by atoms with Crippen molar-refractivity contribution < 1.29 is 4.39 Å². The van der Waals surface area contributed by atoms with E-state index in [2.05, 4.69) is 0 Å². The third kappa shape index (κ3) is 1.77. The third-order valence-corrected chi connectivity index (χ3v) is 2.39. The molecule has 2 aromatic rings. The van der Waals surface area contributed by atoms with Gasteiger partial charge < -0.3 is 17.2 Å². The smallest absolute Gasteiger partial charge is 0.146 e. The molecule has 16 heavy (non-hydrogen) atoms. The SMILES string of the molecule is Nc1ccc(-c2cc(F)c(N)cc2N)cc1. The van der Waals surface area contributed by atoms with Crippen LogP contribution in [0.4, 0.5) is 21.5 Å². The number of hydrogen-bond donors (Lipinski definition) is 3. The number of benzene rings is 2. The molecule has 82 valence electrons. The van der Waals surface area contributed by atoms with Crippen LogP contribution >= 0.6 is 0 Å². The predicted molar refractivity (Wildman–Crippen MR) is 65.1 cm³/mol. The van der Waals surface area contributed by atoms with Crippen molar-refractivity contribution in [2.75, 3.05) is 17.2 Å². The Balaban J connectivity index is 2.56. The molecule has 0 heterocycles. The fraction of sp³-hybridized carbons (Fsp3) is 0. The second-order valence-corrected chi connectivity index (χ2v) is 3.58. The first-order valence-corrected chi connectivity index (χ1v) is 4.78. The van der Waals surface area contributed by atoms with Gasteiger partial charge in [-0.25, -0.2) is 4.39 Å². The molecule has 0 aliphatic carbocycles. The van der Waals surface area contributed by atoms with E-state index in [1.807, 2.05) is 0 Å². The summed E-state index contributed by atoms with van der Waals surface area (Å²) in [6.45, 7) is 0. The molecular formula is C12H12FN3. The molecule has 6 N–H and O–H groups in total. The van der Waals surface area contributed by atoms with Crippen molar-refractivity contribution in [3.63, 3.8) is 0 Å². The van der Waals surface area contributed by atoms with Crippen LogP contribution in [0.3, 0.4) is 0 Å². The molecule has 0 fully saturated rings. The third-order valence-electron chi connectivity index (χ3n) is 2.39. The van der Waals surface area contributed by atoms with E-state index in [1.165, 1.54) is 12.1 Å². The molecular weight excluding hydrogens is 205 g/mol. The minimum Gasteiger partial charge on any atom is -0.399 e. The zero-order chi connectivity index (χ0) is 11.7. The molecule has 0 unspecified atom stereocenters. The normalized spacial score (nSPS) is 10.3. The molecule has 0 atom stereocenters. The fourth-order valence-corrected chi connectivity index (χ4v) is 1.52. The maximum absolute atomic E-state index is 13.3. The molecule has 0 saturated heterocycles. The quantitative estimate of drug-likeness (QED) is 0.641. The second-order valence-electron chi connectivity index (χ2n) is 3.58. The first-order chi connectivity index (χ1) is 7.58. The summed E-state index contributed by atoms with van der Waals surface area (Å²) in [5.41, 5.74) is 19.4. The van der Waals surface area contributed by atoms with E-state index in [0.29, 0.717) is 16.9 Å². The van der Waals surface area contributed by atoms with Crippen LogP contribution < -0.4 is 17.2 Å². The van der Waals surface area contributed by atoms with Gasteiger partial charge in [0.2, 0.25) is 0 Å². The van der Waals surface area contributed by atoms with Gasteiger partial charge in [-0.15, -0.1) is 0 Å². The van der Waals surface area contributed by atoms with Crippen LogP contribution in [0.2, 0.25) is 0 Å². The lowest BCUT2D eigenvalue weighted by Crippen LogP contribution is -1.97. The molecule has 2 rings (SSSR count). The van der Waals surface area contributed by atoms with Crippen molar-refractivity contribution in [3.8, 4) is 11.1 Å². The van der Waals surface area contributed by atoms with E-state index in [0.717, 1.165) is 5.56 Å². The second kappa shape index (κ2) is 3.73. The van der Waals surface area contributed by atoms with Crippen molar-refractivity contribution in [1.82, 2.24) is 0 Å². The fourth-order valence-electron chi connectivity index (χ4n) is 1.52. The Labute approximate surface area is 92.7 Å². The van der Waals surface area contributed by atoms with Gasteiger partial charge in [0, 0.05) is 16.9 Å². The Morgan fingerprint density at radius 2 is 1.44 bits per heavy atom. The van der Waals surface area contributed by atoms with Gasteiger partial charge in [-0.05, 0) is 29.8 Å². The molecule has 3 nitrogen and oxygen atoms in total.